The number of hydrogen-bond donors (Lipinski definition) is 1. The highest BCUT2D eigenvalue weighted by Gasteiger charge is 2.46. The zero-order chi connectivity index (χ0) is 15.0. The Bertz CT molecular complexity index is 546. The molecule has 0 bridgehead atoms. The molecule has 3 rings (SSSR count). The van der Waals surface area contributed by atoms with Crippen LogP contribution in [-0.4, -0.2) is 5.91 Å². The molecule has 1 aromatic rings. The van der Waals surface area contributed by atoms with Gasteiger partial charge in [-0.05, 0) is 66.7 Å². The number of carbonyl (C=O) groups excluding carboxylic acids is 1. The normalized spacial score (nSPS) is 32.5. The lowest BCUT2D eigenvalue weighted by atomic mass is 9.53. The number of benzene rings is 1. The number of aryl methyl sites for hydroxylation is 1. The summed E-state index contributed by atoms with van der Waals surface area (Å²) in [6, 6.07) is 6.07. The molecule has 2 fully saturated rings. The third-order valence-electron chi connectivity index (χ3n) is 6.13. The Morgan fingerprint density at radius 3 is 2.71 bits per heavy atom. The van der Waals surface area contributed by atoms with Crippen molar-refractivity contribution in [1.82, 2.24) is 0 Å². The van der Waals surface area contributed by atoms with Crippen LogP contribution < -0.4 is 5.73 Å². The summed E-state index contributed by atoms with van der Waals surface area (Å²) in [6.45, 7) is 4.62. The molecule has 0 aromatic heterocycles. The molecule has 2 nitrogen and oxygen atoms in total. The van der Waals surface area contributed by atoms with E-state index in [0.717, 1.165) is 11.8 Å². The Hall–Kier alpha value is -1.31. The lowest BCUT2D eigenvalue weighted by Crippen LogP contribution is -2.44. The van der Waals surface area contributed by atoms with Crippen LogP contribution in [0.5, 0.6) is 0 Å². The standard InChI is InChI=1S/C19H27NO/c1-13-6-5-11-19(10-4-3-7-16(13)19)17-12-15(18(20)21)9-8-14(17)2/h8-9,12-13,16H,3-7,10-11H2,1-2H3,(H2,20,21)/t13-,16?,19+/m0/s1. The number of primary amides is 1. The fraction of sp³-hybridized carbons (Fsp3) is 0.632. The molecular weight excluding hydrogens is 258 g/mol. The van der Waals surface area contributed by atoms with Crippen LogP contribution in [0.15, 0.2) is 18.2 Å². The molecule has 0 saturated heterocycles. The summed E-state index contributed by atoms with van der Waals surface area (Å²) in [7, 11) is 0. The molecule has 0 spiro atoms. The summed E-state index contributed by atoms with van der Waals surface area (Å²) in [5, 5.41) is 0. The van der Waals surface area contributed by atoms with Crippen molar-refractivity contribution >= 4 is 5.91 Å². The topological polar surface area (TPSA) is 43.1 Å². The van der Waals surface area contributed by atoms with Crippen LogP contribution in [0, 0.1) is 18.8 Å². The second-order valence-electron chi connectivity index (χ2n) is 7.27. The second kappa shape index (κ2) is 5.47. The van der Waals surface area contributed by atoms with Crippen molar-refractivity contribution < 1.29 is 4.79 Å². The molecule has 2 saturated carbocycles. The van der Waals surface area contributed by atoms with E-state index in [2.05, 4.69) is 26.0 Å². The SMILES string of the molecule is Cc1ccc(C(N)=O)cc1[C@@]12CCCCC1[C@@H](C)CCC2. The van der Waals surface area contributed by atoms with Crippen LogP contribution in [0.2, 0.25) is 0 Å². The minimum absolute atomic E-state index is 0.297. The van der Waals surface area contributed by atoms with Gasteiger partial charge in [-0.1, -0.05) is 38.7 Å². The van der Waals surface area contributed by atoms with Crippen molar-refractivity contribution in [2.45, 2.75) is 64.2 Å². The highest BCUT2D eigenvalue weighted by atomic mass is 16.1. The summed E-state index contributed by atoms with van der Waals surface area (Å²) in [6.07, 6.45) is 9.28. The molecule has 3 atom stereocenters. The Labute approximate surface area is 128 Å². The lowest BCUT2D eigenvalue weighted by Gasteiger charge is -2.51. The molecule has 0 heterocycles. The number of amides is 1. The summed E-state index contributed by atoms with van der Waals surface area (Å²) >= 11 is 0. The Kier molecular flexibility index (Phi) is 3.81. The lowest BCUT2D eigenvalue weighted by molar-refractivity contribution is 0.0746. The van der Waals surface area contributed by atoms with Crippen LogP contribution in [0.25, 0.3) is 0 Å². The van der Waals surface area contributed by atoms with Crippen molar-refractivity contribution in [3.05, 3.63) is 34.9 Å². The van der Waals surface area contributed by atoms with Gasteiger partial charge in [-0.25, -0.2) is 0 Å². The van der Waals surface area contributed by atoms with Gasteiger partial charge in [0.15, 0.2) is 0 Å². The zero-order valence-corrected chi connectivity index (χ0v) is 13.3. The highest BCUT2D eigenvalue weighted by Crippen LogP contribution is 2.54. The number of carbonyl (C=O) groups is 1. The molecule has 2 N–H and O–H groups in total. The molecule has 114 valence electrons. The zero-order valence-electron chi connectivity index (χ0n) is 13.3. The molecule has 2 aliphatic carbocycles. The molecule has 1 amide bonds. The van der Waals surface area contributed by atoms with Crippen LogP contribution in [0.1, 0.15) is 73.4 Å². The van der Waals surface area contributed by atoms with Gasteiger partial charge in [0.2, 0.25) is 5.91 Å². The van der Waals surface area contributed by atoms with Gasteiger partial charge in [-0.15, -0.1) is 0 Å². The summed E-state index contributed by atoms with van der Waals surface area (Å²) in [5.74, 6) is 1.28. The Morgan fingerprint density at radius 2 is 1.95 bits per heavy atom. The van der Waals surface area contributed by atoms with E-state index >= 15 is 0 Å². The first kappa shape index (κ1) is 14.6. The highest BCUT2D eigenvalue weighted by molar-refractivity contribution is 5.93. The van der Waals surface area contributed by atoms with Crippen molar-refractivity contribution in [1.29, 1.82) is 0 Å². The summed E-state index contributed by atoms with van der Waals surface area (Å²) in [4.78, 5) is 11.6. The van der Waals surface area contributed by atoms with E-state index in [-0.39, 0.29) is 5.91 Å². The Morgan fingerprint density at radius 1 is 1.19 bits per heavy atom. The average Bonchev–Trinajstić information content (AvgIpc) is 2.47. The van der Waals surface area contributed by atoms with E-state index in [1.54, 1.807) is 0 Å². The minimum Gasteiger partial charge on any atom is -0.366 e. The van der Waals surface area contributed by atoms with Gasteiger partial charge in [-0.2, -0.15) is 0 Å². The average molecular weight is 285 g/mol. The maximum absolute atomic E-state index is 11.6. The number of rotatable bonds is 2. The first-order valence-corrected chi connectivity index (χ1v) is 8.45. The number of fused-ring (bicyclic) bond motifs is 1. The molecular formula is C19H27NO. The first-order chi connectivity index (χ1) is 10.0. The van der Waals surface area contributed by atoms with E-state index in [1.165, 1.54) is 56.1 Å². The second-order valence-corrected chi connectivity index (χ2v) is 7.27. The molecule has 21 heavy (non-hydrogen) atoms. The fourth-order valence-electron chi connectivity index (χ4n) is 5.13. The van der Waals surface area contributed by atoms with Crippen molar-refractivity contribution in [2.24, 2.45) is 17.6 Å². The predicted octanol–water partition coefficient (Wildman–Crippen LogP) is 4.34. The van der Waals surface area contributed by atoms with Crippen LogP contribution >= 0.6 is 0 Å². The number of hydrogen-bond acceptors (Lipinski definition) is 1. The van der Waals surface area contributed by atoms with Crippen LogP contribution in [0.4, 0.5) is 0 Å². The monoisotopic (exact) mass is 285 g/mol. The van der Waals surface area contributed by atoms with Gasteiger partial charge < -0.3 is 5.73 Å². The quantitative estimate of drug-likeness (QED) is 0.863. The number of nitrogens with two attached hydrogens (primary N) is 1. The van der Waals surface area contributed by atoms with Crippen molar-refractivity contribution in [2.75, 3.05) is 0 Å². The maximum atomic E-state index is 11.6. The molecule has 1 unspecified atom stereocenters. The molecule has 0 radical (unpaired) electrons. The smallest absolute Gasteiger partial charge is 0.248 e. The van der Waals surface area contributed by atoms with E-state index in [4.69, 9.17) is 5.73 Å². The van der Waals surface area contributed by atoms with E-state index in [9.17, 15) is 4.79 Å². The molecule has 0 aliphatic heterocycles. The van der Waals surface area contributed by atoms with Crippen molar-refractivity contribution in [3.8, 4) is 0 Å². The fourth-order valence-corrected chi connectivity index (χ4v) is 5.13. The van der Waals surface area contributed by atoms with Gasteiger partial charge in [0.25, 0.3) is 0 Å². The minimum atomic E-state index is -0.302. The third-order valence-corrected chi connectivity index (χ3v) is 6.13. The molecule has 1 aromatic carbocycles. The van der Waals surface area contributed by atoms with Gasteiger partial charge in [0.05, 0.1) is 0 Å². The summed E-state index contributed by atoms with van der Waals surface area (Å²) in [5.41, 5.74) is 9.23. The largest absolute Gasteiger partial charge is 0.366 e. The Balaban J connectivity index is 2.10. The predicted molar refractivity (Wildman–Crippen MR) is 86.3 cm³/mol. The van der Waals surface area contributed by atoms with Gasteiger partial charge >= 0.3 is 0 Å². The van der Waals surface area contributed by atoms with Gasteiger partial charge in [0.1, 0.15) is 0 Å². The molecule has 2 heteroatoms. The third kappa shape index (κ3) is 2.39. The van der Waals surface area contributed by atoms with Gasteiger partial charge in [-0.3, -0.25) is 4.79 Å². The maximum Gasteiger partial charge on any atom is 0.248 e. The van der Waals surface area contributed by atoms with Crippen molar-refractivity contribution in [3.63, 3.8) is 0 Å². The van der Waals surface area contributed by atoms with Gasteiger partial charge in [0, 0.05) is 5.56 Å². The van der Waals surface area contributed by atoms with E-state index in [0.29, 0.717) is 11.0 Å². The van der Waals surface area contributed by atoms with E-state index < -0.39 is 0 Å². The summed E-state index contributed by atoms with van der Waals surface area (Å²) < 4.78 is 0. The van der Waals surface area contributed by atoms with E-state index in [1.807, 2.05) is 6.07 Å². The first-order valence-electron chi connectivity index (χ1n) is 8.45. The van der Waals surface area contributed by atoms with Crippen LogP contribution in [-0.2, 0) is 5.41 Å². The molecule has 2 aliphatic rings. The van der Waals surface area contributed by atoms with Crippen LogP contribution in [0.3, 0.4) is 0 Å².